The van der Waals surface area contributed by atoms with Gasteiger partial charge in [0.1, 0.15) is 11.6 Å². The van der Waals surface area contributed by atoms with Gasteiger partial charge in [0, 0.05) is 30.7 Å². The zero-order chi connectivity index (χ0) is 13.7. The number of anilines is 1. The molecule has 1 aromatic rings. The molecule has 0 aliphatic carbocycles. The van der Waals surface area contributed by atoms with Gasteiger partial charge in [0.15, 0.2) is 0 Å². The van der Waals surface area contributed by atoms with Crippen LogP contribution >= 0.6 is 11.8 Å². The molecule has 1 aliphatic rings. The van der Waals surface area contributed by atoms with E-state index in [1.165, 1.54) is 18.2 Å². The molecule has 0 radical (unpaired) electrons. The number of carbonyl (C=O) groups is 1. The lowest BCUT2D eigenvalue weighted by Crippen LogP contribution is -2.40. The van der Waals surface area contributed by atoms with Crippen molar-refractivity contribution in [1.82, 2.24) is 4.90 Å². The molecule has 2 amide bonds. The summed E-state index contributed by atoms with van der Waals surface area (Å²) in [6, 6.07) is 3.96. The maximum absolute atomic E-state index is 13.2. The van der Waals surface area contributed by atoms with Gasteiger partial charge in [0.25, 0.3) is 0 Å². The number of ether oxygens (including phenoxy) is 1. The number of rotatable bonds is 3. The summed E-state index contributed by atoms with van der Waals surface area (Å²) in [6.45, 7) is 3.72. The Bertz CT molecular complexity index is 450. The lowest BCUT2D eigenvalue weighted by molar-refractivity contribution is 0.217. The van der Waals surface area contributed by atoms with E-state index in [1.807, 2.05) is 18.7 Å². The molecule has 2 rings (SSSR count). The van der Waals surface area contributed by atoms with Gasteiger partial charge in [-0.2, -0.15) is 11.8 Å². The predicted molar refractivity (Wildman–Crippen MR) is 75.5 cm³/mol. The molecule has 19 heavy (non-hydrogen) atoms. The first-order chi connectivity index (χ1) is 9.20. The summed E-state index contributed by atoms with van der Waals surface area (Å²) < 4.78 is 18.5. The lowest BCUT2D eigenvalue weighted by atomic mass is 10.3. The predicted octanol–water partition coefficient (Wildman–Crippen LogP) is 2.81. The second-order valence-corrected chi connectivity index (χ2v) is 5.33. The van der Waals surface area contributed by atoms with Gasteiger partial charge in [-0.15, -0.1) is 0 Å². The van der Waals surface area contributed by atoms with Crippen molar-refractivity contribution in [2.45, 2.75) is 6.92 Å². The third-order valence-corrected chi connectivity index (χ3v) is 3.73. The van der Waals surface area contributed by atoms with Gasteiger partial charge < -0.3 is 15.0 Å². The van der Waals surface area contributed by atoms with Crippen molar-refractivity contribution in [3.8, 4) is 5.75 Å². The third kappa shape index (κ3) is 3.76. The highest BCUT2D eigenvalue weighted by Gasteiger charge is 2.18. The molecule has 0 bridgehead atoms. The molecule has 1 N–H and O–H groups in total. The Morgan fingerprint density at radius 2 is 2.21 bits per heavy atom. The molecule has 0 saturated carbocycles. The van der Waals surface area contributed by atoms with Crippen molar-refractivity contribution < 1.29 is 13.9 Å². The van der Waals surface area contributed by atoms with Gasteiger partial charge in [-0.05, 0) is 19.1 Å². The first kappa shape index (κ1) is 14.0. The van der Waals surface area contributed by atoms with E-state index < -0.39 is 0 Å². The normalized spacial score (nSPS) is 15.2. The SMILES string of the molecule is CCOc1cc(F)ccc1NC(=O)N1CCSCC1. The zero-order valence-electron chi connectivity index (χ0n) is 10.8. The van der Waals surface area contributed by atoms with E-state index in [9.17, 15) is 9.18 Å². The minimum absolute atomic E-state index is 0.159. The maximum Gasteiger partial charge on any atom is 0.322 e. The first-order valence-corrected chi connectivity index (χ1v) is 7.42. The molecule has 1 fully saturated rings. The molecule has 0 aromatic heterocycles. The molecule has 6 heteroatoms. The molecule has 1 heterocycles. The minimum Gasteiger partial charge on any atom is -0.492 e. The Morgan fingerprint density at radius 3 is 2.89 bits per heavy atom. The molecule has 1 aromatic carbocycles. The topological polar surface area (TPSA) is 41.6 Å². The van der Waals surface area contributed by atoms with E-state index in [-0.39, 0.29) is 11.8 Å². The van der Waals surface area contributed by atoms with Gasteiger partial charge in [0.05, 0.1) is 12.3 Å². The summed E-state index contributed by atoms with van der Waals surface area (Å²) in [7, 11) is 0. The highest BCUT2D eigenvalue weighted by Crippen LogP contribution is 2.26. The van der Waals surface area contributed by atoms with Crippen molar-refractivity contribution in [2.24, 2.45) is 0 Å². The van der Waals surface area contributed by atoms with E-state index in [2.05, 4.69) is 5.32 Å². The van der Waals surface area contributed by atoms with Gasteiger partial charge in [0.2, 0.25) is 0 Å². The largest absolute Gasteiger partial charge is 0.492 e. The van der Waals surface area contributed by atoms with E-state index in [0.717, 1.165) is 24.6 Å². The van der Waals surface area contributed by atoms with Crippen molar-refractivity contribution in [3.63, 3.8) is 0 Å². The number of benzene rings is 1. The van der Waals surface area contributed by atoms with Crippen LogP contribution < -0.4 is 10.1 Å². The van der Waals surface area contributed by atoms with Crippen molar-refractivity contribution in [3.05, 3.63) is 24.0 Å². The average Bonchev–Trinajstić information content (AvgIpc) is 2.43. The van der Waals surface area contributed by atoms with Crippen LogP contribution in [0.1, 0.15) is 6.92 Å². The number of nitrogens with zero attached hydrogens (tertiary/aromatic N) is 1. The van der Waals surface area contributed by atoms with Gasteiger partial charge in [-0.1, -0.05) is 0 Å². The Kier molecular flexibility index (Phi) is 4.90. The Hall–Kier alpha value is -1.43. The molecule has 1 aliphatic heterocycles. The Labute approximate surface area is 116 Å². The van der Waals surface area contributed by atoms with Crippen LogP contribution in [0.4, 0.5) is 14.9 Å². The molecule has 1 saturated heterocycles. The van der Waals surface area contributed by atoms with Crippen LogP contribution in [0.2, 0.25) is 0 Å². The third-order valence-electron chi connectivity index (χ3n) is 2.78. The fraction of sp³-hybridized carbons (Fsp3) is 0.462. The van der Waals surface area contributed by atoms with Crippen molar-refractivity contribution in [1.29, 1.82) is 0 Å². The first-order valence-electron chi connectivity index (χ1n) is 6.26. The fourth-order valence-electron chi connectivity index (χ4n) is 1.84. The maximum atomic E-state index is 13.2. The number of nitrogens with one attached hydrogen (secondary N) is 1. The highest BCUT2D eigenvalue weighted by atomic mass is 32.2. The molecule has 0 atom stereocenters. The van der Waals surface area contributed by atoms with Crippen LogP contribution in [-0.2, 0) is 0 Å². The summed E-state index contributed by atoms with van der Waals surface area (Å²) in [5, 5.41) is 2.78. The quantitative estimate of drug-likeness (QED) is 0.928. The lowest BCUT2D eigenvalue weighted by Gasteiger charge is -2.26. The standard InChI is InChI=1S/C13H17FN2O2S/c1-2-18-12-9-10(14)3-4-11(12)15-13(17)16-5-7-19-8-6-16/h3-4,9H,2,5-8H2,1H3,(H,15,17). The Morgan fingerprint density at radius 1 is 1.47 bits per heavy atom. The van der Waals surface area contributed by atoms with E-state index in [0.29, 0.717) is 18.0 Å². The van der Waals surface area contributed by atoms with E-state index in [1.54, 1.807) is 4.90 Å². The van der Waals surface area contributed by atoms with Gasteiger partial charge in [-0.25, -0.2) is 9.18 Å². The average molecular weight is 284 g/mol. The number of amides is 2. The Balaban J connectivity index is 2.06. The van der Waals surface area contributed by atoms with Crippen LogP contribution in [0, 0.1) is 5.82 Å². The van der Waals surface area contributed by atoms with Crippen LogP contribution in [0.25, 0.3) is 0 Å². The monoisotopic (exact) mass is 284 g/mol. The van der Waals surface area contributed by atoms with Crippen LogP contribution in [0.5, 0.6) is 5.75 Å². The fourth-order valence-corrected chi connectivity index (χ4v) is 2.74. The highest BCUT2D eigenvalue weighted by molar-refractivity contribution is 7.99. The smallest absolute Gasteiger partial charge is 0.322 e. The molecule has 0 unspecified atom stereocenters. The summed E-state index contributed by atoms with van der Waals surface area (Å²) >= 11 is 1.84. The molecular weight excluding hydrogens is 267 g/mol. The summed E-state index contributed by atoms with van der Waals surface area (Å²) in [4.78, 5) is 13.8. The number of thioether (sulfide) groups is 1. The van der Waals surface area contributed by atoms with Crippen LogP contribution in [-0.4, -0.2) is 42.1 Å². The zero-order valence-corrected chi connectivity index (χ0v) is 11.6. The minimum atomic E-state index is -0.379. The number of carbonyl (C=O) groups excluding carboxylic acids is 1. The van der Waals surface area contributed by atoms with Crippen LogP contribution in [0.15, 0.2) is 18.2 Å². The number of hydrogen-bond acceptors (Lipinski definition) is 3. The van der Waals surface area contributed by atoms with Crippen LogP contribution in [0.3, 0.4) is 0 Å². The number of hydrogen-bond donors (Lipinski definition) is 1. The van der Waals surface area contributed by atoms with Gasteiger partial charge in [-0.3, -0.25) is 0 Å². The molecule has 4 nitrogen and oxygen atoms in total. The van der Waals surface area contributed by atoms with E-state index in [4.69, 9.17) is 4.74 Å². The van der Waals surface area contributed by atoms with E-state index >= 15 is 0 Å². The second kappa shape index (κ2) is 6.65. The molecule has 0 spiro atoms. The van der Waals surface area contributed by atoms with Gasteiger partial charge >= 0.3 is 6.03 Å². The summed E-state index contributed by atoms with van der Waals surface area (Å²) in [5.74, 6) is 1.89. The summed E-state index contributed by atoms with van der Waals surface area (Å²) in [5.41, 5.74) is 0.506. The summed E-state index contributed by atoms with van der Waals surface area (Å²) in [6.07, 6.45) is 0. The van der Waals surface area contributed by atoms with Crippen molar-refractivity contribution >= 4 is 23.5 Å². The molecular formula is C13H17FN2O2S. The van der Waals surface area contributed by atoms with Crippen molar-refractivity contribution in [2.75, 3.05) is 36.5 Å². The number of urea groups is 1. The second-order valence-electron chi connectivity index (χ2n) is 4.10. The molecule has 104 valence electrons. The number of halogens is 1.